The van der Waals surface area contributed by atoms with E-state index in [0.29, 0.717) is 15.6 Å². The number of carbonyl (C=O) groups excluding carboxylic acids is 2. The van der Waals surface area contributed by atoms with Crippen LogP contribution in [0.5, 0.6) is 0 Å². The molecule has 3 heteroatoms. The fourth-order valence-corrected chi connectivity index (χ4v) is 6.23. The zero-order valence-electron chi connectivity index (χ0n) is 14.7. The molecule has 124 valence electrons. The minimum absolute atomic E-state index is 0.00662. The van der Waals surface area contributed by atoms with Crippen molar-refractivity contribution < 1.29 is 9.59 Å². The number of fused-ring (bicyclic) bond motifs is 2. The molecule has 1 unspecified atom stereocenters. The van der Waals surface area contributed by atoms with Gasteiger partial charge in [0.25, 0.3) is 0 Å². The molecule has 2 atom stereocenters. The van der Waals surface area contributed by atoms with Crippen molar-refractivity contribution in [3.63, 3.8) is 0 Å². The van der Waals surface area contributed by atoms with Crippen molar-refractivity contribution in [2.24, 2.45) is 22.7 Å². The topological polar surface area (TPSA) is 34.1 Å². The highest BCUT2D eigenvalue weighted by atomic mass is 79.9. The number of hydrogen-bond donors (Lipinski definition) is 0. The minimum Gasteiger partial charge on any atom is -0.289 e. The zero-order valence-corrected chi connectivity index (χ0v) is 16.3. The maximum absolute atomic E-state index is 13.2. The van der Waals surface area contributed by atoms with Gasteiger partial charge in [-0.2, -0.15) is 0 Å². The molecule has 3 rings (SSSR count). The van der Waals surface area contributed by atoms with E-state index in [0.717, 1.165) is 30.4 Å². The Kier molecular flexibility index (Phi) is 3.68. The fourth-order valence-electron chi connectivity index (χ4n) is 5.39. The van der Waals surface area contributed by atoms with Crippen molar-refractivity contribution >= 4 is 27.5 Å². The van der Waals surface area contributed by atoms with Crippen LogP contribution in [-0.2, 0) is 9.59 Å². The lowest BCUT2D eigenvalue weighted by Gasteiger charge is -2.48. The smallest absolute Gasteiger partial charge is 0.197 e. The normalized spacial score (nSPS) is 33.5. The van der Waals surface area contributed by atoms with E-state index in [1.807, 2.05) is 13.8 Å². The second kappa shape index (κ2) is 5.02. The number of rotatable bonds is 1. The van der Waals surface area contributed by atoms with Crippen molar-refractivity contribution in [1.82, 2.24) is 0 Å². The van der Waals surface area contributed by atoms with Gasteiger partial charge in [0.05, 0.1) is 4.48 Å². The highest BCUT2D eigenvalue weighted by Gasteiger charge is 2.59. The van der Waals surface area contributed by atoms with Gasteiger partial charge in [-0.15, -0.1) is 0 Å². The molecule has 1 fully saturated rings. The van der Waals surface area contributed by atoms with Crippen molar-refractivity contribution in [2.45, 2.75) is 53.9 Å². The quantitative estimate of drug-likeness (QED) is 0.593. The molecule has 2 nitrogen and oxygen atoms in total. The molecule has 0 amide bonds. The fraction of sp³-hybridized carbons (Fsp3) is 0.600. The molecule has 0 spiro atoms. The van der Waals surface area contributed by atoms with Gasteiger partial charge in [-0.05, 0) is 51.6 Å². The summed E-state index contributed by atoms with van der Waals surface area (Å²) in [7, 11) is 0. The van der Waals surface area contributed by atoms with Crippen molar-refractivity contribution in [1.29, 1.82) is 0 Å². The van der Waals surface area contributed by atoms with Gasteiger partial charge in [0.1, 0.15) is 0 Å². The Labute approximate surface area is 147 Å². The van der Waals surface area contributed by atoms with Gasteiger partial charge in [0.2, 0.25) is 0 Å². The SMILES string of the molecule is C=C1C2=C(C(=O)C(Br)=C(C(C)C)C2=O)[C@@]2(C)CCCC(C)(C)C12. The third kappa shape index (κ3) is 2.05. The van der Waals surface area contributed by atoms with Crippen LogP contribution in [0, 0.1) is 22.7 Å². The summed E-state index contributed by atoms with van der Waals surface area (Å²) >= 11 is 3.43. The van der Waals surface area contributed by atoms with Crippen LogP contribution in [0.1, 0.15) is 53.9 Å². The van der Waals surface area contributed by atoms with Gasteiger partial charge in [0, 0.05) is 22.1 Å². The molecule has 23 heavy (non-hydrogen) atoms. The van der Waals surface area contributed by atoms with Gasteiger partial charge in [-0.25, -0.2) is 0 Å². The Morgan fingerprint density at radius 2 is 1.74 bits per heavy atom. The summed E-state index contributed by atoms with van der Waals surface area (Å²) < 4.78 is 0.467. The lowest BCUT2D eigenvalue weighted by Crippen LogP contribution is -2.42. The molecule has 0 aromatic rings. The van der Waals surface area contributed by atoms with Crippen LogP contribution in [0.25, 0.3) is 0 Å². The van der Waals surface area contributed by atoms with Crippen molar-refractivity contribution in [2.75, 3.05) is 0 Å². The van der Waals surface area contributed by atoms with Crippen molar-refractivity contribution in [3.8, 4) is 0 Å². The third-order valence-corrected chi connectivity index (χ3v) is 6.93. The Balaban J connectivity index is 2.23. The van der Waals surface area contributed by atoms with Gasteiger partial charge in [0.15, 0.2) is 11.6 Å². The largest absolute Gasteiger partial charge is 0.289 e. The first-order chi connectivity index (χ1) is 10.5. The van der Waals surface area contributed by atoms with Gasteiger partial charge in [-0.3, -0.25) is 9.59 Å². The Morgan fingerprint density at radius 1 is 1.13 bits per heavy atom. The van der Waals surface area contributed by atoms with Crippen LogP contribution in [-0.4, -0.2) is 11.6 Å². The highest BCUT2D eigenvalue weighted by molar-refractivity contribution is 9.12. The predicted octanol–water partition coefficient (Wildman–Crippen LogP) is 5.14. The van der Waals surface area contributed by atoms with E-state index < -0.39 is 0 Å². The van der Waals surface area contributed by atoms with Crippen molar-refractivity contribution in [3.05, 3.63) is 33.4 Å². The van der Waals surface area contributed by atoms with Gasteiger partial charge < -0.3 is 0 Å². The van der Waals surface area contributed by atoms with Gasteiger partial charge >= 0.3 is 0 Å². The molecule has 0 saturated heterocycles. The Morgan fingerprint density at radius 3 is 2.30 bits per heavy atom. The second-order valence-electron chi connectivity index (χ2n) is 8.51. The van der Waals surface area contributed by atoms with Crippen LogP contribution in [0.3, 0.4) is 0 Å². The Bertz CT molecular complexity index is 705. The summed E-state index contributed by atoms with van der Waals surface area (Å²) in [6, 6.07) is 0. The van der Waals surface area contributed by atoms with E-state index in [2.05, 4.69) is 43.3 Å². The summed E-state index contributed by atoms with van der Waals surface area (Å²) in [5.41, 5.74) is 2.65. The average Bonchev–Trinajstić information content (AvgIpc) is 2.65. The highest BCUT2D eigenvalue weighted by Crippen LogP contribution is 2.65. The first-order valence-corrected chi connectivity index (χ1v) is 9.26. The zero-order chi connectivity index (χ0) is 17.3. The molecule has 0 aromatic heterocycles. The van der Waals surface area contributed by atoms with E-state index in [-0.39, 0.29) is 34.2 Å². The maximum Gasteiger partial charge on any atom is 0.197 e. The molecular formula is C20H25BrO2. The average molecular weight is 377 g/mol. The number of carbonyl (C=O) groups is 2. The van der Waals surface area contributed by atoms with E-state index in [4.69, 9.17) is 0 Å². The first kappa shape index (κ1) is 16.9. The summed E-state index contributed by atoms with van der Waals surface area (Å²) in [4.78, 5) is 26.3. The number of hydrogen-bond acceptors (Lipinski definition) is 2. The summed E-state index contributed by atoms with van der Waals surface area (Å²) in [6.45, 7) is 14.9. The Hall–Kier alpha value is -0.960. The lowest BCUT2D eigenvalue weighted by molar-refractivity contribution is -0.117. The molecule has 0 bridgehead atoms. The molecular weight excluding hydrogens is 352 g/mol. The lowest BCUT2D eigenvalue weighted by atomic mass is 9.55. The van der Waals surface area contributed by atoms with Crippen LogP contribution < -0.4 is 0 Å². The molecule has 3 aliphatic carbocycles. The summed E-state index contributed by atoms with van der Waals surface area (Å²) in [6.07, 6.45) is 3.15. The number of Topliss-reactive ketones (excluding diaryl/α,β-unsaturated/α-hetero) is 2. The molecule has 0 N–H and O–H groups in total. The van der Waals surface area contributed by atoms with Crippen LogP contribution in [0.4, 0.5) is 0 Å². The molecule has 1 saturated carbocycles. The first-order valence-electron chi connectivity index (χ1n) is 8.47. The maximum atomic E-state index is 13.2. The minimum atomic E-state index is -0.261. The molecule has 0 heterocycles. The number of allylic oxidation sites excluding steroid dienone is 5. The van der Waals surface area contributed by atoms with E-state index in [9.17, 15) is 9.59 Å². The van der Waals surface area contributed by atoms with Crippen LogP contribution >= 0.6 is 15.9 Å². The van der Waals surface area contributed by atoms with E-state index >= 15 is 0 Å². The third-order valence-electron chi connectivity index (χ3n) is 6.14. The van der Waals surface area contributed by atoms with Gasteiger partial charge in [-0.1, -0.05) is 47.6 Å². The van der Waals surface area contributed by atoms with Crippen LogP contribution in [0.2, 0.25) is 0 Å². The molecule has 3 aliphatic rings. The van der Waals surface area contributed by atoms with E-state index in [1.165, 1.54) is 0 Å². The monoisotopic (exact) mass is 376 g/mol. The second-order valence-corrected chi connectivity index (χ2v) is 9.30. The summed E-state index contributed by atoms with van der Waals surface area (Å²) in [5, 5.41) is 0. The molecule has 0 radical (unpaired) electrons. The molecule has 0 aromatic carbocycles. The summed E-state index contributed by atoms with van der Waals surface area (Å²) in [5.74, 6) is 0.213. The van der Waals surface area contributed by atoms with E-state index in [1.54, 1.807) is 0 Å². The predicted molar refractivity (Wildman–Crippen MR) is 96.2 cm³/mol. The molecule has 0 aliphatic heterocycles. The van der Waals surface area contributed by atoms with Crippen LogP contribution in [0.15, 0.2) is 33.4 Å². The standard InChI is InChI=1S/C20H25BrO2/c1-10(2)12-15(21)17(23)14-13(16(12)22)11(3)18-19(4,5)8-7-9-20(14,18)6/h10,18H,3,7-9H2,1-2,4-6H3/t18?,20-/m1/s1. The number of halogens is 1. The number of ketones is 2.